The first-order chi connectivity index (χ1) is 9.69. The summed E-state index contributed by atoms with van der Waals surface area (Å²) in [4.78, 5) is 27.6. The highest BCUT2D eigenvalue weighted by Crippen LogP contribution is 2.31. The number of carboxylic acids is 1. The zero-order valence-electron chi connectivity index (χ0n) is 11.1. The van der Waals surface area contributed by atoms with Gasteiger partial charge in [0.1, 0.15) is 12.2 Å². The minimum absolute atomic E-state index is 0.0830. The SMILES string of the molecule is Cc1nc(C(=O)N(CC(F)(F)F)C2CC2)ccc1C(=O)O. The van der Waals surface area contributed by atoms with Gasteiger partial charge in [0.05, 0.1) is 11.3 Å². The number of pyridine rings is 1. The second-order valence-electron chi connectivity index (χ2n) is 4.91. The van der Waals surface area contributed by atoms with Crippen molar-refractivity contribution < 1.29 is 27.9 Å². The first-order valence-electron chi connectivity index (χ1n) is 6.27. The topological polar surface area (TPSA) is 70.5 Å². The third-order valence-corrected chi connectivity index (χ3v) is 3.13. The smallest absolute Gasteiger partial charge is 0.406 e. The predicted octanol–water partition coefficient (Wildman–Crippen LogP) is 2.26. The number of rotatable bonds is 4. The monoisotopic (exact) mass is 302 g/mol. The lowest BCUT2D eigenvalue weighted by molar-refractivity contribution is -0.141. The molecule has 0 radical (unpaired) electrons. The lowest BCUT2D eigenvalue weighted by Crippen LogP contribution is -2.41. The van der Waals surface area contributed by atoms with Crippen LogP contribution < -0.4 is 0 Å². The predicted molar refractivity (Wildman–Crippen MR) is 66.0 cm³/mol. The van der Waals surface area contributed by atoms with Crippen LogP contribution in [0.25, 0.3) is 0 Å². The molecule has 1 fully saturated rings. The first-order valence-corrected chi connectivity index (χ1v) is 6.27. The van der Waals surface area contributed by atoms with Gasteiger partial charge in [-0.05, 0) is 31.9 Å². The Morgan fingerprint density at radius 1 is 1.38 bits per heavy atom. The Bertz CT molecular complexity index is 583. The molecule has 0 unspecified atom stereocenters. The highest BCUT2D eigenvalue weighted by Gasteiger charge is 2.41. The van der Waals surface area contributed by atoms with E-state index in [0.717, 1.165) is 11.0 Å². The molecule has 5 nitrogen and oxygen atoms in total. The third-order valence-electron chi connectivity index (χ3n) is 3.13. The van der Waals surface area contributed by atoms with Gasteiger partial charge >= 0.3 is 12.1 Å². The van der Waals surface area contributed by atoms with Crippen LogP contribution in [-0.4, -0.2) is 45.6 Å². The number of aromatic nitrogens is 1. The van der Waals surface area contributed by atoms with E-state index in [1.54, 1.807) is 0 Å². The Hall–Kier alpha value is -2.12. The normalized spacial score (nSPS) is 14.9. The fourth-order valence-corrected chi connectivity index (χ4v) is 2.00. The summed E-state index contributed by atoms with van der Waals surface area (Å²) in [5.41, 5.74) is -0.162. The molecule has 0 spiro atoms. The van der Waals surface area contributed by atoms with Crippen LogP contribution in [-0.2, 0) is 0 Å². The average Bonchev–Trinajstić information content (AvgIpc) is 3.17. The molecule has 2 rings (SSSR count). The van der Waals surface area contributed by atoms with Crippen molar-refractivity contribution in [3.63, 3.8) is 0 Å². The molecule has 0 saturated heterocycles. The standard InChI is InChI=1S/C13H13F3N2O3/c1-7-9(12(20)21)4-5-10(17-7)11(19)18(8-2-3-8)6-13(14,15)16/h4-5,8H,2-3,6H2,1H3,(H,20,21). The molecule has 1 aliphatic carbocycles. The Morgan fingerprint density at radius 3 is 2.43 bits per heavy atom. The summed E-state index contributed by atoms with van der Waals surface area (Å²) >= 11 is 0. The number of hydrogen-bond acceptors (Lipinski definition) is 3. The number of alkyl halides is 3. The summed E-state index contributed by atoms with van der Waals surface area (Å²) in [5, 5.41) is 8.87. The van der Waals surface area contributed by atoms with Gasteiger partial charge in [-0.25, -0.2) is 9.78 Å². The number of halogens is 3. The molecule has 1 heterocycles. The third kappa shape index (κ3) is 3.71. The Balaban J connectivity index is 2.25. The highest BCUT2D eigenvalue weighted by atomic mass is 19.4. The maximum atomic E-state index is 12.5. The van der Waals surface area contributed by atoms with Crippen molar-refractivity contribution in [1.29, 1.82) is 0 Å². The maximum Gasteiger partial charge on any atom is 0.406 e. The first kappa shape index (κ1) is 15.3. The summed E-state index contributed by atoms with van der Waals surface area (Å²) in [6, 6.07) is 1.90. The highest BCUT2D eigenvalue weighted by molar-refractivity contribution is 5.94. The minimum Gasteiger partial charge on any atom is -0.478 e. The molecule has 0 aromatic carbocycles. The van der Waals surface area contributed by atoms with Crippen LogP contribution in [0.15, 0.2) is 12.1 Å². The molecule has 1 N–H and O–H groups in total. The van der Waals surface area contributed by atoms with Gasteiger partial charge in [0.15, 0.2) is 0 Å². The van der Waals surface area contributed by atoms with Gasteiger partial charge in [-0.1, -0.05) is 0 Å². The minimum atomic E-state index is -4.48. The number of aryl methyl sites for hydroxylation is 1. The molecule has 1 saturated carbocycles. The number of hydrogen-bond donors (Lipinski definition) is 1. The molecule has 1 amide bonds. The molecule has 1 aliphatic rings. The molecule has 8 heteroatoms. The lowest BCUT2D eigenvalue weighted by atomic mass is 10.1. The van der Waals surface area contributed by atoms with Gasteiger partial charge in [-0.15, -0.1) is 0 Å². The van der Waals surface area contributed by atoms with Crippen molar-refractivity contribution in [3.8, 4) is 0 Å². The van der Waals surface area contributed by atoms with Crippen molar-refractivity contribution in [2.75, 3.05) is 6.54 Å². The Kier molecular flexibility index (Phi) is 3.89. The molecule has 114 valence electrons. The van der Waals surface area contributed by atoms with Gasteiger partial charge in [-0.2, -0.15) is 13.2 Å². The van der Waals surface area contributed by atoms with Gasteiger partial charge in [0.25, 0.3) is 5.91 Å². The van der Waals surface area contributed by atoms with E-state index in [9.17, 15) is 22.8 Å². The molecule has 0 atom stereocenters. The number of aromatic carboxylic acids is 1. The molecule has 0 bridgehead atoms. The number of nitrogens with zero attached hydrogens (tertiary/aromatic N) is 2. The molecule has 21 heavy (non-hydrogen) atoms. The summed E-state index contributed by atoms with van der Waals surface area (Å²) < 4.78 is 37.6. The Morgan fingerprint density at radius 2 is 2.00 bits per heavy atom. The van der Waals surface area contributed by atoms with Crippen molar-refractivity contribution in [1.82, 2.24) is 9.88 Å². The van der Waals surface area contributed by atoms with Crippen molar-refractivity contribution >= 4 is 11.9 Å². The largest absolute Gasteiger partial charge is 0.478 e. The molecule has 1 aromatic rings. The van der Waals surface area contributed by atoms with Crippen molar-refractivity contribution in [3.05, 3.63) is 29.1 Å². The second-order valence-corrected chi connectivity index (χ2v) is 4.91. The van der Waals surface area contributed by atoms with Crippen LogP contribution in [0, 0.1) is 6.92 Å². The van der Waals surface area contributed by atoms with E-state index < -0.39 is 30.6 Å². The van der Waals surface area contributed by atoms with E-state index in [-0.39, 0.29) is 17.0 Å². The molecular formula is C13H13F3N2O3. The number of amides is 1. The van der Waals surface area contributed by atoms with E-state index in [4.69, 9.17) is 5.11 Å². The fourth-order valence-electron chi connectivity index (χ4n) is 2.00. The van der Waals surface area contributed by atoms with Gasteiger partial charge < -0.3 is 10.0 Å². The van der Waals surface area contributed by atoms with Gasteiger partial charge in [-0.3, -0.25) is 4.79 Å². The number of carbonyl (C=O) groups excluding carboxylic acids is 1. The zero-order chi connectivity index (χ0) is 15.8. The van der Waals surface area contributed by atoms with E-state index >= 15 is 0 Å². The van der Waals surface area contributed by atoms with E-state index in [1.165, 1.54) is 13.0 Å². The zero-order valence-corrected chi connectivity index (χ0v) is 11.1. The van der Waals surface area contributed by atoms with Crippen molar-refractivity contribution in [2.45, 2.75) is 32.0 Å². The summed E-state index contributed by atoms with van der Waals surface area (Å²) in [6.45, 7) is 0.0728. The van der Waals surface area contributed by atoms with Crippen LogP contribution in [0.3, 0.4) is 0 Å². The average molecular weight is 302 g/mol. The van der Waals surface area contributed by atoms with E-state index in [0.29, 0.717) is 12.8 Å². The maximum absolute atomic E-state index is 12.5. The molecule has 1 aromatic heterocycles. The van der Waals surface area contributed by atoms with Gasteiger partial charge in [0.2, 0.25) is 0 Å². The molecule has 0 aliphatic heterocycles. The lowest BCUT2D eigenvalue weighted by Gasteiger charge is -2.23. The summed E-state index contributed by atoms with van der Waals surface area (Å²) in [5.74, 6) is -2.02. The van der Waals surface area contributed by atoms with E-state index in [2.05, 4.69) is 4.98 Å². The fraction of sp³-hybridized carbons (Fsp3) is 0.462. The number of carbonyl (C=O) groups is 2. The van der Waals surface area contributed by atoms with Crippen LogP contribution in [0.1, 0.15) is 39.4 Å². The molecular weight excluding hydrogens is 289 g/mol. The summed E-state index contributed by atoms with van der Waals surface area (Å²) in [6.07, 6.45) is -3.41. The summed E-state index contributed by atoms with van der Waals surface area (Å²) in [7, 11) is 0. The second kappa shape index (κ2) is 5.34. The van der Waals surface area contributed by atoms with Crippen LogP contribution in [0.4, 0.5) is 13.2 Å². The van der Waals surface area contributed by atoms with Crippen LogP contribution in [0.2, 0.25) is 0 Å². The number of carboxylic acid groups (broad SMARTS) is 1. The quantitative estimate of drug-likeness (QED) is 0.926. The van der Waals surface area contributed by atoms with Crippen LogP contribution >= 0.6 is 0 Å². The van der Waals surface area contributed by atoms with Crippen LogP contribution in [0.5, 0.6) is 0 Å². The van der Waals surface area contributed by atoms with E-state index in [1.807, 2.05) is 0 Å². The van der Waals surface area contributed by atoms with Gasteiger partial charge in [0, 0.05) is 6.04 Å². The van der Waals surface area contributed by atoms with Crippen molar-refractivity contribution in [2.24, 2.45) is 0 Å². The Labute approximate surface area is 118 Å².